The summed E-state index contributed by atoms with van der Waals surface area (Å²) in [5.41, 5.74) is -0.257. The van der Waals surface area contributed by atoms with Crippen LogP contribution in [0.2, 0.25) is 0 Å². The molecule has 5 nitrogen and oxygen atoms in total. The zero-order chi connectivity index (χ0) is 15.5. The van der Waals surface area contributed by atoms with Crippen LogP contribution in [-0.2, 0) is 0 Å². The minimum absolute atomic E-state index is 0.232. The number of halogens is 1. The van der Waals surface area contributed by atoms with Gasteiger partial charge < -0.3 is 15.0 Å². The summed E-state index contributed by atoms with van der Waals surface area (Å²) in [6.45, 7) is 1.61. The Hall–Kier alpha value is -1.58. The van der Waals surface area contributed by atoms with Crippen molar-refractivity contribution in [3.8, 4) is 11.8 Å². The largest absolute Gasteiger partial charge is 0.496 e. The summed E-state index contributed by atoms with van der Waals surface area (Å²) in [6.07, 6.45) is 1.28. The topological polar surface area (TPSA) is 65.4 Å². The normalized spacial score (nSPS) is 17.8. The third kappa shape index (κ3) is 3.55. The number of nitrogens with zero attached hydrogens (tertiary/aromatic N) is 2. The first-order valence-corrected chi connectivity index (χ1v) is 7.55. The fourth-order valence-electron chi connectivity index (χ4n) is 2.36. The van der Waals surface area contributed by atoms with Crippen LogP contribution in [0.5, 0.6) is 5.75 Å². The predicted octanol–water partition coefficient (Wildman–Crippen LogP) is 2.18. The second-order valence-corrected chi connectivity index (χ2v) is 6.15. The van der Waals surface area contributed by atoms with Gasteiger partial charge in [-0.15, -0.1) is 0 Å². The number of nitriles is 1. The number of hydrogen-bond donors (Lipinski definition) is 1. The van der Waals surface area contributed by atoms with Crippen LogP contribution in [0.25, 0.3) is 0 Å². The molecule has 1 aliphatic heterocycles. The van der Waals surface area contributed by atoms with E-state index in [2.05, 4.69) is 32.2 Å². The van der Waals surface area contributed by atoms with Crippen molar-refractivity contribution in [3.05, 3.63) is 28.2 Å². The van der Waals surface area contributed by atoms with Crippen LogP contribution in [0.1, 0.15) is 23.2 Å². The van der Waals surface area contributed by atoms with E-state index >= 15 is 0 Å². The van der Waals surface area contributed by atoms with E-state index in [0.717, 1.165) is 13.1 Å². The number of likely N-dealkylation sites (tertiary alicyclic amines) is 1. The molecule has 1 heterocycles. The maximum Gasteiger partial charge on any atom is 0.252 e. The number of methoxy groups -OCH3 is 1. The van der Waals surface area contributed by atoms with Crippen LogP contribution in [0.4, 0.5) is 0 Å². The Morgan fingerprint density at radius 2 is 2.14 bits per heavy atom. The van der Waals surface area contributed by atoms with Crippen LogP contribution in [0, 0.1) is 11.3 Å². The van der Waals surface area contributed by atoms with Gasteiger partial charge in [0.2, 0.25) is 0 Å². The highest BCUT2D eigenvalue weighted by Gasteiger charge is 2.35. The lowest BCUT2D eigenvalue weighted by atomic mass is 9.89. The van der Waals surface area contributed by atoms with E-state index in [1.54, 1.807) is 25.3 Å². The van der Waals surface area contributed by atoms with Crippen LogP contribution in [0.15, 0.2) is 22.7 Å². The van der Waals surface area contributed by atoms with Gasteiger partial charge in [-0.05, 0) is 54.0 Å². The summed E-state index contributed by atoms with van der Waals surface area (Å²) in [6, 6.07) is 7.41. The fourth-order valence-corrected chi connectivity index (χ4v) is 2.90. The molecule has 1 amide bonds. The first-order valence-electron chi connectivity index (χ1n) is 6.75. The Balaban J connectivity index is 2.13. The maximum atomic E-state index is 12.4. The molecule has 1 aliphatic rings. The number of hydrogen-bond acceptors (Lipinski definition) is 4. The lowest BCUT2D eigenvalue weighted by Crippen LogP contribution is -2.53. The van der Waals surface area contributed by atoms with E-state index in [0.29, 0.717) is 28.6 Å². The highest BCUT2D eigenvalue weighted by Crippen LogP contribution is 2.26. The van der Waals surface area contributed by atoms with Gasteiger partial charge in [-0.25, -0.2) is 0 Å². The van der Waals surface area contributed by atoms with E-state index in [1.807, 2.05) is 7.05 Å². The molecule has 0 atom stereocenters. The molecule has 0 bridgehead atoms. The van der Waals surface area contributed by atoms with E-state index in [1.165, 1.54) is 0 Å². The number of amides is 1. The van der Waals surface area contributed by atoms with Crippen molar-refractivity contribution in [2.45, 2.75) is 18.4 Å². The first-order chi connectivity index (χ1) is 9.99. The van der Waals surface area contributed by atoms with Crippen molar-refractivity contribution in [3.63, 3.8) is 0 Å². The lowest BCUT2D eigenvalue weighted by Gasteiger charge is -2.36. The Labute approximate surface area is 133 Å². The SMILES string of the molecule is COc1ccc(C(=O)NC2(C#N)CCN(C)CC2)cc1Br. The van der Waals surface area contributed by atoms with Gasteiger partial charge in [0.15, 0.2) is 0 Å². The minimum Gasteiger partial charge on any atom is -0.496 e. The van der Waals surface area contributed by atoms with Crippen molar-refractivity contribution < 1.29 is 9.53 Å². The number of rotatable bonds is 3. The number of carbonyl (C=O) groups excluding carboxylic acids is 1. The zero-order valence-corrected chi connectivity index (χ0v) is 13.7. The quantitative estimate of drug-likeness (QED) is 0.906. The molecule has 0 spiro atoms. The van der Waals surface area contributed by atoms with Gasteiger partial charge in [0, 0.05) is 18.7 Å². The first kappa shape index (κ1) is 15.8. The monoisotopic (exact) mass is 351 g/mol. The Kier molecular flexibility index (Phi) is 4.86. The maximum absolute atomic E-state index is 12.4. The van der Waals surface area contributed by atoms with Crippen molar-refractivity contribution >= 4 is 21.8 Å². The predicted molar refractivity (Wildman–Crippen MR) is 83.2 cm³/mol. The molecular formula is C15H18BrN3O2. The van der Waals surface area contributed by atoms with E-state index < -0.39 is 5.54 Å². The van der Waals surface area contributed by atoms with Gasteiger partial charge in [0.1, 0.15) is 11.3 Å². The number of benzene rings is 1. The molecule has 0 unspecified atom stereocenters. The van der Waals surface area contributed by atoms with Crippen LogP contribution >= 0.6 is 15.9 Å². The fraction of sp³-hybridized carbons (Fsp3) is 0.467. The summed E-state index contributed by atoms with van der Waals surface area (Å²) >= 11 is 3.36. The third-order valence-electron chi connectivity index (χ3n) is 3.82. The molecule has 1 aromatic carbocycles. The Morgan fingerprint density at radius 1 is 1.48 bits per heavy atom. The Bertz CT molecular complexity index is 575. The van der Waals surface area contributed by atoms with Gasteiger partial charge in [-0.3, -0.25) is 4.79 Å². The standard InChI is InChI=1S/C15H18BrN3O2/c1-19-7-5-15(10-17,6-8-19)18-14(20)11-3-4-13(21-2)12(16)9-11/h3-4,9H,5-8H2,1-2H3,(H,18,20). The summed E-state index contributed by atoms with van der Waals surface area (Å²) in [7, 11) is 3.59. The van der Waals surface area contributed by atoms with Gasteiger partial charge in [0.25, 0.3) is 5.91 Å². The molecule has 0 radical (unpaired) electrons. The van der Waals surface area contributed by atoms with Crippen molar-refractivity contribution in [2.24, 2.45) is 0 Å². The number of carbonyl (C=O) groups is 1. The van der Waals surface area contributed by atoms with E-state index in [9.17, 15) is 10.1 Å². The van der Waals surface area contributed by atoms with Crippen molar-refractivity contribution in [1.29, 1.82) is 5.26 Å². The Morgan fingerprint density at radius 3 is 2.67 bits per heavy atom. The molecular weight excluding hydrogens is 334 g/mol. The number of ether oxygens (including phenoxy) is 1. The molecule has 2 rings (SSSR count). The lowest BCUT2D eigenvalue weighted by molar-refractivity contribution is 0.0882. The number of piperidine rings is 1. The van der Waals surface area contributed by atoms with Crippen molar-refractivity contribution in [1.82, 2.24) is 10.2 Å². The molecule has 21 heavy (non-hydrogen) atoms. The summed E-state index contributed by atoms with van der Waals surface area (Å²) in [4.78, 5) is 14.5. The second kappa shape index (κ2) is 6.46. The van der Waals surface area contributed by atoms with E-state index in [4.69, 9.17) is 4.74 Å². The van der Waals surface area contributed by atoms with Crippen LogP contribution in [0.3, 0.4) is 0 Å². The molecule has 1 aromatic rings. The number of nitrogens with one attached hydrogen (secondary N) is 1. The summed E-state index contributed by atoms with van der Waals surface area (Å²) in [5.74, 6) is 0.435. The summed E-state index contributed by atoms with van der Waals surface area (Å²) < 4.78 is 5.86. The molecule has 6 heteroatoms. The molecule has 0 aliphatic carbocycles. The van der Waals surface area contributed by atoms with Gasteiger partial charge in [-0.1, -0.05) is 0 Å². The minimum atomic E-state index is -0.768. The molecule has 1 saturated heterocycles. The molecule has 1 N–H and O–H groups in total. The van der Waals surface area contributed by atoms with Gasteiger partial charge in [-0.2, -0.15) is 5.26 Å². The highest BCUT2D eigenvalue weighted by molar-refractivity contribution is 9.10. The second-order valence-electron chi connectivity index (χ2n) is 5.30. The van der Waals surface area contributed by atoms with E-state index in [-0.39, 0.29) is 5.91 Å². The van der Waals surface area contributed by atoms with Crippen LogP contribution < -0.4 is 10.1 Å². The summed E-state index contributed by atoms with van der Waals surface area (Å²) in [5, 5.41) is 12.3. The molecule has 112 valence electrons. The molecule has 0 saturated carbocycles. The highest BCUT2D eigenvalue weighted by atomic mass is 79.9. The zero-order valence-electron chi connectivity index (χ0n) is 12.1. The van der Waals surface area contributed by atoms with Gasteiger partial charge >= 0.3 is 0 Å². The third-order valence-corrected chi connectivity index (χ3v) is 4.44. The van der Waals surface area contributed by atoms with Gasteiger partial charge in [0.05, 0.1) is 17.7 Å². The van der Waals surface area contributed by atoms with Crippen LogP contribution in [-0.4, -0.2) is 43.6 Å². The van der Waals surface area contributed by atoms with Crippen molar-refractivity contribution in [2.75, 3.05) is 27.2 Å². The average molecular weight is 352 g/mol. The average Bonchev–Trinajstić information content (AvgIpc) is 2.49. The smallest absolute Gasteiger partial charge is 0.252 e. The molecule has 1 fully saturated rings. The molecule has 0 aromatic heterocycles.